The Hall–Kier alpha value is -1.55. The summed E-state index contributed by atoms with van der Waals surface area (Å²) < 4.78 is 0. The lowest BCUT2D eigenvalue weighted by atomic mass is 9.74. The number of nitrogens with zero attached hydrogens (tertiary/aromatic N) is 1. The van der Waals surface area contributed by atoms with E-state index in [1.165, 1.54) is 18.5 Å². The summed E-state index contributed by atoms with van der Waals surface area (Å²) in [7, 11) is 0. The average Bonchev–Trinajstić information content (AvgIpc) is 2.55. The highest BCUT2D eigenvalue weighted by Crippen LogP contribution is 2.33. The van der Waals surface area contributed by atoms with Gasteiger partial charge in [0, 0.05) is 30.0 Å². The minimum Gasteiger partial charge on any atom is -0.371 e. The number of carbonyl (C=O) groups excluding carboxylic acids is 1. The van der Waals surface area contributed by atoms with E-state index in [0.717, 1.165) is 50.4 Å². The Labute approximate surface area is 145 Å². The van der Waals surface area contributed by atoms with Crippen molar-refractivity contribution in [2.24, 2.45) is 17.6 Å². The first-order chi connectivity index (χ1) is 11.5. The molecule has 1 aliphatic heterocycles. The van der Waals surface area contributed by atoms with Crippen molar-refractivity contribution in [1.29, 1.82) is 0 Å². The molecule has 2 aliphatic rings. The third-order valence-electron chi connectivity index (χ3n) is 5.83. The summed E-state index contributed by atoms with van der Waals surface area (Å²) in [6, 6.07) is 8.25. The number of amides is 1. The fourth-order valence-electron chi connectivity index (χ4n) is 4.07. The van der Waals surface area contributed by atoms with Crippen LogP contribution in [0.3, 0.4) is 0 Å². The molecule has 0 spiro atoms. The van der Waals surface area contributed by atoms with Crippen molar-refractivity contribution in [3.8, 4) is 0 Å². The van der Waals surface area contributed by atoms with Crippen molar-refractivity contribution < 1.29 is 4.79 Å². The molecule has 2 unspecified atom stereocenters. The molecule has 4 nitrogen and oxygen atoms in total. The lowest BCUT2D eigenvalue weighted by Crippen LogP contribution is -2.51. The molecule has 1 heterocycles. The zero-order valence-electron chi connectivity index (χ0n) is 15.1. The largest absolute Gasteiger partial charge is 0.371 e. The average molecular weight is 329 g/mol. The van der Waals surface area contributed by atoms with Crippen LogP contribution in [0, 0.1) is 11.8 Å². The minimum atomic E-state index is -0.386. The van der Waals surface area contributed by atoms with Gasteiger partial charge in [-0.15, -0.1) is 0 Å². The Balaban J connectivity index is 1.67. The zero-order chi connectivity index (χ0) is 17.2. The molecule has 1 amide bonds. The summed E-state index contributed by atoms with van der Waals surface area (Å²) in [6.45, 7) is 6.54. The summed E-state index contributed by atoms with van der Waals surface area (Å²) in [5.74, 6) is 0.799. The molecule has 4 heteroatoms. The number of nitrogens with two attached hydrogens (primary N) is 1. The van der Waals surface area contributed by atoms with Crippen molar-refractivity contribution in [1.82, 2.24) is 0 Å². The van der Waals surface area contributed by atoms with Gasteiger partial charge in [-0.2, -0.15) is 0 Å². The molecule has 132 valence electrons. The summed E-state index contributed by atoms with van der Waals surface area (Å²) in [5, 5.41) is 3.11. The minimum absolute atomic E-state index is 0.0733. The molecular formula is C20H31N3O. The second-order valence-electron chi connectivity index (χ2n) is 8.01. The van der Waals surface area contributed by atoms with Crippen LogP contribution < -0.4 is 16.0 Å². The van der Waals surface area contributed by atoms with Crippen LogP contribution in [-0.2, 0) is 4.79 Å². The van der Waals surface area contributed by atoms with Crippen LogP contribution in [0.15, 0.2) is 24.3 Å². The third-order valence-corrected chi connectivity index (χ3v) is 5.83. The number of rotatable bonds is 3. The maximum absolute atomic E-state index is 12.7. The fraction of sp³-hybridized carbons (Fsp3) is 0.650. The van der Waals surface area contributed by atoms with E-state index >= 15 is 0 Å². The number of carbonyl (C=O) groups is 1. The Morgan fingerprint density at radius 1 is 1.25 bits per heavy atom. The first-order valence-electron chi connectivity index (χ1n) is 9.40. The van der Waals surface area contributed by atoms with Crippen molar-refractivity contribution in [3.63, 3.8) is 0 Å². The molecule has 1 aliphatic carbocycles. The second kappa shape index (κ2) is 7.14. The van der Waals surface area contributed by atoms with Gasteiger partial charge in [0.2, 0.25) is 5.91 Å². The molecule has 0 aromatic heterocycles. The van der Waals surface area contributed by atoms with Crippen LogP contribution in [0.1, 0.15) is 52.4 Å². The van der Waals surface area contributed by atoms with Crippen LogP contribution in [0.25, 0.3) is 0 Å². The summed E-state index contributed by atoms with van der Waals surface area (Å²) >= 11 is 0. The monoisotopic (exact) mass is 329 g/mol. The van der Waals surface area contributed by atoms with E-state index < -0.39 is 0 Å². The van der Waals surface area contributed by atoms with E-state index in [9.17, 15) is 4.79 Å². The number of piperidine rings is 1. The van der Waals surface area contributed by atoms with Crippen molar-refractivity contribution >= 4 is 17.3 Å². The van der Waals surface area contributed by atoms with Gasteiger partial charge >= 0.3 is 0 Å². The number of hydrogen-bond donors (Lipinski definition) is 2. The molecule has 0 bridgehead atoms. The number of hydrogen-bond acceptors (Lipinski definition) is 3. The lowest BCUT2D eigenvalue weighted by molar-refractivity contribution is -0.122. The molecular weight excluding hydrogens is 298 g/mol. The highest BCUT2D eigenvalue weighted by atomic mass is 16.1. The highest BCUT2D eigenvalue weighted by Gasteiger charge is 2.37. The number of anilines is 2. The second-order valence-corrected chi connectivity index (χ2v) is 8.01. The normalized spacial score (nSPS) is 28.6. The van der Waals surface area contributed by atoms with Crippen LogP contribution in [0.5, 0.6) is 0 Å². The first-order valence-corrected chi connectivity index (χ1v) is 9.40. The molecule has 24 heavy (non-hydrogen) atoms. The van der Waals surface area contributed by atoms with E-state index in [0.29, 0.717) is 0 Å². The maximum Gasteiger partial charge on any atom is 0.229 e. The Kier molecular flexibility index (Phi) is 5.14. The molecule has 1 aromatic rings. The van der Waals surface area contributed by atoms with E-state index in [-0.39, 0.29) is 17.4 Å². The van der Waals surface area contributed by atoms with Crippen LogP contribution in [-0.4, -0.2) is 24.5 Å². The van der Waals surface area contributed by atoms with Crippen LogP contribution in [0.2, 0.25) is 0 Å². The fourth-order valence-corrected chi connectivity index (χ4v) is 4.07. The first kappa shape index (κ1) is 17.3. The van der Waals surface area contributed by atoms with Gasteiger partial charge in [-0.3, -0.25) is 4.79 Å². The van der Waals surface area contributed by atoms with E-state index in [2.05, 4.69) is 29.3 Å². The number of benzene rings is 1. The van der Waals surface area contributed by atoms with Gasteiger partial charge in [-0.25, -0.2) is 0 Å². The van der Waals surface area contributed by atoms with E-state index in [1.54, 1.807) is 0 Å². The Morgan fingerprint density at radius 2 is 2.00 bits per heavy atom. The SMILES string of the molecule is CC1CCN(c2cccc(NC(=O)C3CCCCC3(C)N)c2)CC1. The quantitative estimate of drug-likeness (QED) is 0.887. The summed E-state index contributed by atoms with van der Waals surface area (Å²) in [5.41, 5.74) is 8.08. The molecule has 2 fully saturated rings. The molecule has 0 radical (unpaired) electrons. The zero-order valence-corrected chi connectivity index (χ0v) is 15.1. The summed E-state index contributed by atoms with van der Waals surface area (Å²) in [4.78, 5) is 15.1. The Bertz CT molecular complexity index is 576. The predicted molar refractivity (Wildman–Crippen MR) is 100 cm³/mol. The van der Waals surface area contributed by atoms with Gasteiger partial charge in [0.05, 0.1) is 5.92 Å². The van der Waals surface area contributed by atoms with Crippen LogP contribution in [0.4, 0.5) is 11.4 Å². The van der Waals surface area contributed by atoms with Gasteiger partial charge < -0.3 is 16.0 Å². The van der Waals surface area contributed by atoms with Gasteiger partial charge in [-0.05, 0) is 56.7 Å². The topological polar surface area (TPSA) is 58.4 Å². The molecule has 3 N–H and O–H groups in total. The smallest absolute Gasteiger partial charge is 0.229 e. The molecule has 1 aromatic carbocycles. The maximum atomic E-state index is 12.7. The lowest BCUT2D eigenvalue weighted by Gasteiger charge is -2.37. The van der Waals surface area contributed by atoms with E-state index in [4.69, 9.17) is 5.73 Å². The third kappa shape index (κ3) is 3.92. The van der Waals surface area contributed by atoms with Gasteiger partial charge in [-0.1, -0.05) is 25.8 Å². The van der Waals surface area contributed by atoms with Crippen molar-refractivity contribution in [2.75, 3.05) is 23.3 Å². The summed E-state index contributed by atoms with van der Waals surface area (Å²) in [6.07, 6.45) is 6.52. The molecule has 1 saturated carbocycles. The standard InChI is InChI=1S/C20H31N3O/c1-15-9-12-23(13-10-15)17-7-5-6-16(14-17)22-19(24)18-8-3-4-11-20(18,2)21/h5-7,14-15,18H,3-4,8-13,21H2,1-2H3,(H,22,24). The van der Waals surface area contributed by atoms with Gasteiger partial charge in [0.1, 0.15) is 0 Å². The van der Waals surface area contributed by atoms with Gasteiger partial charge in [0.25, 0.3) is 0 Å². The molecule has 1 saturated heterocycles. The van der Waals surface area contributed by atoms with Crippen molar-refractivity contribution in [2.45, 2.75) is 57.9 Å². The highest BCUT2D eigenvalue weighted by molar-refractivity contribution is 5.94. The number of nitrogens with one attached hydrogen (secondary N) is 1. The Morgan fingerprint density at radius 3 is 2.71 bits per heavy atom. The molecule has 3 rings (SSSR count). The van der Waals surface area contributed by atoms with Gasteiger partial charge in [0.15, 0.2) is 0 Å². The predicted octanol–water partition coefficient (Wildman–Crippen LogP) is 3.77. The van der Waals surface area contributed by atoms with E-state index in [1.807, 2.05) is 19.1 Å². The molecule has 2 atom stereocenters. The van der Waals surface area contributed by atoms with Crippen LogP contribution >= 0.6 is 0 Å². The van der Waals surface area contributed by atoms with Crippen molar-refractivity contribution in [3.05, 3.63) is 24.3 Å².